The van der Waals surface area contributed by atoms with Gasteiger partial charge in [-0.25, -0.2) is 0 Å². The second-order valence-corrected chi connectivity index (χ2v) is 21.4. The molecular weight excluding hydrogens is 615 g/mol. The van der Waals surface area contributed by atoms with Crippen LogP contribution in [0.1, 0.15) is 227 Å². The van der Waals surface area contributed by atoms with Crippen LogP contribution in [0.4, 0.5) is 0 Å². The van der Waals surface area contributed by atoms with Crippen molar-refractivity contribution in [2.45, 2.75) is 251 Å². The number of carbonyl (C=O) groups excluding carboxylic acids is 1. The molecule has 0 spiro atoms. The molecule has 4 nitrogen and oxygen atoms in total. The molecule has 1 atom stereocenters. The van der Waals surface area contributed by atoms with Crippen molar-refractivity contribution in [2.75, 3.05) is 19.8 Å². The molecule has 0 aliphatic heterocycles. The predicted octanol–water partition coefficient (Wildman–Crippen LogP) is 14.7. The molecule has 0 N–H and O–H groups in total. The molecule has 0 amide bonds. The topological polar surface area (TPSA) is 44.8 Å². The fourth-order valence-electron chi connectivity index (χ4n) is 6.13. The quantitative estimate of drug-likeness (QED) is 0.0367. The smallest absolute Gasteiger partial charge is 0.306 e. The molecule has 0 saturated carbocycles. The van der Waals surface area contributed by atoms with Gasteiger partial charge in [0.2, 0.25) is 0 Å². The van der Waals surface area contributed by atoms with Gasteiger partial charge >= 0.3 is 5.97 Å². The fraction of sp³-hybridized carbons (Fsp3) is 0.977. The summed E-state index contributed by atoms with van der Waals surface area (Å²) in [6.07, 6.45) is 39.2. The predicted molar refractivity (Wildman–Crippen MR) is 214 cm³/mol. The third kappa shape index (κ3) is 31.6. The van der Waals surface area contributed by atoms with Crippen LogP contribution < -0.4 is 0 Å². The van der Waals surface area contributed by atoms with Crippen LogP contribution in [-0.4, -0.2) is 40.2 Å². The Hall–Kier alpha value is -0.393. The highest BCUT2D eigenvalue weighted by atomic mass is 28.4. The summed E-state index contributed by atoms with van der Waals surface area (Å²) in [7, 11) is -1.92. The van der Waals surface area contributed by atoms with Crippen LogP contribution in [-0.2, 0) is 18.7 Å². The average molecular weight is 703 g/mol. The normalized spacial score (nSPS) is 12.9. The zero-order chi connectivity index (χ0) is 35.6. The van der Waals surface area contributed by atoms with Crippen molar-refractivity contribution in [1.29, 1.82) is 0 Å². The number of ether oxygens (including phenoxy) is 2. The molecule has 0 aliphatic rings. The summed E-state index contributed by atoms with van der Waals surface area (Å²) < 4.78 is 18.4. The van der Waals surface area contributed by atoms with Gasteiger partial charge in [0, 0.05) is 13.0 Å². The molecule has 0 bridgehead atoms. The minimum atomic E-state index is -1.92. The molecule has 0 saturated heterocycles. The van der Waals surface area contributed by atoms with E-state index >= 15 is 0 Å². The molecule has 0 aliphatic carbocycles. The van der Waals surface area contributed by atoms with Gasteiger partial charge in [-0.1, -0.05) is 208 Å². The molecule has 288 valence electrons. The number of rotatable bonds is 37. The lowest BCUT2D eigenvalue weighted by Gasteiger charge is -2.37. The minimum absolute atomic E-state index is 0.0899. The van der Waals surface area contributed by atoms with Gasteiger partial charge in [-0.3, -0.25) is 4.79 Å². The van der Waals surface area contributed by atoms with Crippen molar-refractivity contribution < 1.29 is 18.7 Å². The van der Waals surface area contributed by atoms with Crippen LogP contribution in [0.2, 0.25) is 18.1 Å². The van der Waals surface area contributed by atoms with Crippen LogP contribution >= 0.6 is 0 Å². The molecule has 48 heavy (non-hydrogen) atoms. The number of hydrogen-bond donors (Lipinski definition) is 0. The van der Waals surface area contributed by atoms with Crippen LogP contribution in [0.25, 0.3) is 0 Å². The second-order valence-electron chi connectivity index (χ2n) is 16.6. The Bertz CT molecular complexity index is 674. The number of hydrogen-bond acceptors (Lipinski definition) is 4. The van der Waals surface area contributed by atoms with Gasteiger partial charge in [0.15, 0.2) is 8.32 Å². The maximum atomic E-state index is 12.7. The third-order valence-corrected chi connectivity index (χ3v) is 15.2. The molecule has 0 heterocycles. The summed E-state index contributed by atoms with van der Waals surface area (Å²) in [4.78, 5) is 12.7. The Balaban J connectivity index is 4.03. The van der Waals surface area contributed by atoms with E-state index in [9.17, 15) is 4.79 Å². The maximum absolute atomic E-state index is 12.7. The van der Waals surface area contributed by atoms with Crippen LogP contribution in [0.15, 0.2) is 0 Å². The molecular formula is C43H88O4Si. The number of unbranched alkanes of at least 4 members (excludes halogenated alkanes) is 27. The summed E-state index contributed by atoms with van der Waals surface area (Å²) in [5.74, 6) is -0.0899. The summed E-state index contributed by atoms with van der Waals surface area (Å²) in [5.41, 5.74) is 0. The highest BCUT2D eigenvalue weighted by molar-refractivity contribution is 6.74. The molecule has 0 fully saturated rings. The molecule has 0 aromatic carbocycles. The van der Waals surface area contributed by atoms with E-state index in [1.54, 1.807) is 0 Å². The molecule has 0 radical (unpaired) electrons. The first kappa shape index (κ1) is 47.6. The summed E-state index contributed by atoms with van der Waals surface area (Å²) in [6.45, 7) is 17.5. The number of carbonyl (C=O) groups is 1. The first-order chi connectivity index (χ1) is 23.1. The monoisotopic (exact) mass is 703 g/mol. The zero-order valence-electron chi connectivity index (χ0n) is 34.0. The van der Waals surface area contributed by atoms with E-state index in [2.05, 4.69) is 47.7 Å². The molecule has 0 rings (SSSR count). The van der Waals surface area contributed by atoms with E-state index in [1.165, 1.54) is 167 Å². The Morgan fingerprint density at radius 1 is 0.521 bits per heavy atom. The van der Waals surface area contributed by atoms with Gasteiger partial charge in [-0.2, -0.15) is 0 Å². The molecule has 5 heteroatoms. The minimum Gasteiger partial charge on any atom is -0.457 e. The van der Waals surface area contributed by atoms with Crippen LogP contribution in [0.3, 0.4) is 0 Å². The van der Waals surface area contributed by atoms with E-state index in [1.807, 2.05) is 0 Å². The largest absolute Gasteiger partial charge is 0.457 e. The molecule has 0 aromatic heterocycles. The molecule has 1 unspecified atom stereocenters. The van der Waals surface area contributed by atoms with Crippen molar-refractivity contribution in [2.24, 2.45) is 0 Å². The van der Waals surface area contributed by atoms with Gasteiger partial charge in [0.25, 0.3) is 0 Å². The van der Waals surface area contributed by atoms with Crippen molar-refractivity contribution in [3.05, 3.63) is 0 Å². The van der Waals surface area contributed by atoms with Gasteiger partial charge in [0.1, 0.15) is 6.10 Å². The van der Waals surface area contributed by atoms with Crippen molar-refractivity contribution in [1.82, 2.24) is 0 Å². The van der Waals surface area contributed by atoms with Crippen LogP contribution in [0.5, 0.6) is 0 Å². The van der Waals surface area contributed by atoms with Crippen molar-refractivity contribution in [3.63, 3.8) is 0 Å². The van der Waals surface area contributed by atoms with Gasteiger partial charge < -0.3 is 13.9 Å². The van der Waals surface area contributed by atoms with Gasteiger partial charge in [-0.15, -0.1) is 0 Å². The highest BCUT2D eigenvalue weighted by Crippen LogP contribution is 2.36. The Kier molecular flexibility index (Phi) is 33.5. The first-order valence-corrected chi connectivity index (χ1v) is 24.5. The Morgan fingerprint density at radius 3 is 1.21 bits per heavy atom. The molecule has 0 aromatic rings. The SMILES string of the molecule is CCCCCCCCCCCCCCCCCCO[14CH2][14CH]([14CH2]O[Si](C)(C)C(C)(C)C)OC(=O)CCCCCCCCCCCCCCC. The average Bonchev–Trinajstić information content (AvgIpc) is 3.04. The lowest BCUT2D eigenvalue weighted by atomic mass is 10.0. The fourth-order valence-corrected chi connectivity index (χ4v) is 7.17. The lowest BCUT2D eigenvalue weighted by molar-refractivity contribution is -0.154. The maximum Gasteiger partial charge on any atom is 0.306 e. The van der Waals surface area contributed by atoms with Gasteiger partial charge in [-0.05, 0) is 31.0 Å². The Labute approximate surface area is 303 Å². The van der Waals surface area contributed by atoms with E-state index in [0.29, 0.717) is 19.6 Å². The van der Waals surface area contributed by atoms with Crippen molar-refractivity contribution in [3.8, 4) is 0 Å². The van der Waals surface area contributed by atoms with E-state index < -0.39 is 8.32 Å². The summed E-state index contributed by atoms with van der Waals surface area (Å²) in [6, 6.07) is 0. The standard InChI is InChI=1S/C43H88O4Si/c1-8-10-12-14-16-18-20-22-23-24-26-28-30-32-34-36-38-45-39-41(40-46-48(6,7)43(3,4)5)47-42(44)37-35-33-31-29-27-25-21-19-17-15-13-11-9-2/h41H,8-40H2,1-7H3/i39+2,40+2,41+2. The third-order valence-electron chi connectivity index (χ3n) is 10.7. The van der Waals surface area contributed by atoms with Gasteiger partial charge in [0.05, 0.1) is 13.2 Å². The first-order valence-electron chi connectivity index (χ1n) is 21.5. The highest BCUT2D eigenvalue weighted by Gasteiger charge is 2.38. The van der Waals surface area contributed by atoms with E-state index in [-0.39, 0.29) is 17.1 Å². The van der Waals surface area contributed by atoms with E-state index in [0.717, 1.165) is 25.9 Å². The summed E-state index contributed by atoms with van der Waals surface area (Å²) in [5, 5.41) is 0.130. The van der Waals surface area contributed by atoms with E-state index in [4.69, 9.17) is 13.9 Å². The van der Waals surface area contributed by atoms with Crippen LogP contribution in [0, 0.1) is 0 Å². The zero-order valence-corrected chi connectivity index (χ0v) is 35.0. The Morgan fingerprint density at radius 2 is 0.854 bits per heavy atom. The second kappa shape index (κ2) is 33.7. The number of esters is 1. The summed E-state index contributed by atoms with van der Waals surface area (Å²) >= 11 is 0. The van der Waals surface area contributed by atoms with Crippen molar-refractivity contribution >= 4 is 14.3 Å². The lowest BCUT2D eigenvalue weighted by Crippen LogP contribution is -2.44.